The van der Waals surface area contributed by atoms with Crippen LogP contribution < -0.4 is 0 Å². The van der Waals surface area contributed by atoms with E-state index >= 15 is 0 Å². The zero-order valence-electron chi connectivity index (χ0n) is 7.08. The Kier molecular flexibility index (Phi) is 3.54. The summed E-state index contributed by atoms with van der Waals surface area (Å²) >= 11 is 0. The number of hydrogen-bond donors (Lipinski definition) is 0. The highest BCUT2D eigenvalue weighted by Gasteiger charge is 2.04. The third kappa shape index (κ3) is 2.20. The second-order valence-electron chi connectivity index (χ2n) is 2.51. The summed E-state index contributed by atoms with van der Waals surface area (Å²) in [6.45, 7) is 0.546. The van der Waals surface area contributed by atoms with Crippen LogP contribution in [0, 0.1) is 0 Å². The molecule has 0 bridgehead atoms. The molecule has 3 heteroatoms. The van der Waals surface area contributed by atoms with E-state index in [2.05, 4.69) is 0 Å². The Morgan fingerprint density at radius 1 is 1.67 bits per heavy atom. The van der Waals surface area contributed by atoms with E-state index in [1.54, 1.807) is 13.4 Å². The van der Waals surface area contributed by atoms with E-state index < -0.39 is 0 Å². The molecular formula is C9H12O3. The van der Waals surface area contributed by atoms with E-state index in [0.717, 1.165) is 17.6 Å². The fourth-order valence-electron chi connectivity index (χ4n) is 1.06. The van der Waals surface area contributed by atoms with Gasteiger partial charge >= 0.3 is 0 Å². The van der Waals surface area contributed by atoms with Crippen LogP contribution in [0.2, 0.25) is 0 Å². The van der Waals surface area contributed by atoms with Crippen molar-refractivity contribution in [1.82, 2.24) is 0 Å². The average Bonchev–Trinajstić information content (AvgIpc) is 2.50. The Labute approximate surface area is 71.3 Å². The highest BCUT2D eigenvalue weighted by Crippen LogP contribution is 2.12. The molecule has 12 heavy (non-hydrogen) atoms. The number of rotatable bonds is 5. The number of hydrogen-bond acceptors (Lipinski definition) is 3. The Morgan fingerprint density at radius 3 is 3.17 bits per heavy atom. The molecule has 0 aliphatic heterocycles. The molecule has 3 nitrogen and oxygen atoms in total. The third-order valence-corrected chi connectivity index (χ3v) is 1.63. The van der Waals surface area contributed by atoms with Crippen LogP contribution in [-0.4, -0.2) is 13.4 Å². The minimum Gasteiger partial charge on any atom is -0.469 e. The molecule has 0 aliphatic rings. The lowest BCUT2D eigenvalue weighted by Gasteiger charge is -1.97. The zero-order chi connectivity index (χ0) is 8.81. The van der Waals surface area contributed by atoms with Crippen molar-refractivity contribution in [2.24, 2.45) is 0 Å². The van der Waals surface area contributed by atoms with Gasteiger partial charge in [-0.25, -0.2) is 0 Å². The van der Waals surface area contributed by atoms with Crippen molar-refractivity contribution in [2.45, 2.75) is 19.4 Å². The van der Waals surface area contributed by atoms with Crippen molar-refractivity contribution in [3.8, 4) is 0 Å². The fraction of sp³-hybridized carbons (Fsp3) is 0.444. The number of carbonyl (C=O) groups is 1. The molecule has 0 radical (unpaired) electrons. The van der Waals surface area contributed by atoms with Gasteiger partial charge in [-0.3, -0.25) is 0 Å². The first-order chi connectivity index (χ1) is 5.88. The molecule has 1 aromatic rings. The van der Waals surface area contributed by atoms with Crippen molar-refractivity contribution in [3.63, 3.8) is 0 Å². The lowest BCUT2D eigenvalue weighted by Crippen LogP contribution is -1.92. The first-order valence-corrected chi connectivity index (χ1v) is 3.86. The summed E-state index contributed by atoms with van der Waals surface area (Å²) in [5, 5.41) is 0. The largest absolute Gasteiger partial charge is 0.469 e. The monoisotopic (exact) mass is 168 g/mol. The number of furan rings is 1. The van der Waals surface area contributed by atoms with E-state index in [1.807, 2.05) is 6.07 Å². The Bertz CT molecular complexity index is 240. The van der Waals surface area contributed by atoms with Gasteiger partial charge in [0, 0.05) is 25.5 Å². The average molecular weight is 168 g/mol. The topological polar surface area (TPSA) is 39.4 Å². The van der Waals surface area contributed by atoms with Gasteiger partial charge in [0.05, 0.1) is 12.9 Å². The van der Waals surface area contributed by atoms with Crippen LogP contribution in [0.5, 0.6) is 0 Å². The predicted molar refractivity (Wildman–Crippen MR) is 43.8 cm³/mol. The molecular weight excluding hydrogens is 156 g/mol. The van der Waals surface area contributed by atoms with E-state index in [-0.39, 0.29) is 0 Å². The molecule has 1 heterocycles. The van der Waals surface area contributed by atoms with Gasteiger partial charge in [-0.15, -0.1) is 0 Å². The van der Waals surface area contributed by atoms with Crippen molar-refractivity contribution >= 4 is 6.29 Å². The maximum absolute atomic E-state index is 10.1. The van der Waals surface area contributed by atoms with Crippen LogP contribution in [0.1, 0.15) is 17.7 Å². The van der Waals surface area contributed by atoms with E-state index in [1.165, 1.54) is 0 Å². The molecule has 0 saturated heterocycles. The summed E-state index contributed by atoms with van der Waals surface area (Å²) in [5.74, 6) is 0.851. The van der Waals surface area contributed by atoms with Crippen molar-refractivity contribution in [3.05, 3.63) is 23.7 Å². The maximum atomic E-state index is 10.1. The molecule has 0 saturated carbocycles. The summed E-state index contributed by atoms with van der Waals surface area (Å²) in [5.41, 5.74) is 1.03. The lowest BCUT2D eigenvalue weighted by atomic mass is 10.2. The standard InChI is InChI=1S/C9H12O3/c1-11-7-8-4-6-12-9(8)3-2-5-10/h4-6H,2-3,7H2,1H3. The second kappa shape index (κ2) is 4.72. The van der Waals surface area contributed by atoms with Crippen LogP contribution in [0.4, 0.5) is 0 Å². The molecule has 0 amide bonds. The molecule has 1 aromatic heterocycles. The normalized spacial score (nSPS) is 10.1. The Hall–Kier alpha value is -1.09. The van der Waals surface area contributed by atoms with Gasteiger partial charge in [0.15, 0.2) is 0 Å². The molecule has 0 unspecified atom stereocenters. The van der Waals surface area contributed by atoms with Gasteiger partial charge in [0.25, 0.3) is 0 Å². The van der Waals surface area contributed by atoms with Gasteiger partial charge in [-0.05, 0) is 6.07 Å². The molecule has 0 N–H and O–H groups in total. The van der Waals surface area contributed by atoms with Crippen molar-refractivity contribution in [2.75, 3.05) is 7.11 Å². The smallest absolute Gasteiger partial charge is 0.120 e. The van der Waals surface area contributed by atoms with Gasteiger partial charge < -0.3 is 13.9 Å². The molecule has 0 aromatic carbocycles. The summed E-state index contributed by atoms with van der Waals surface area (Å²) < 4.78 is 10.1. The van der Waals surface area contributed by atoms with E-state index in [0.29, 0.717) is 19.4 Å². The van der Waals surface area contributed by atoms with Crippen LogP contribution in [0.15, 0.2) is 16.7 Å². The third-order valence-electron chi connectivity index (χ3n) is 1.63. The summed E-state index contributed by atoms with van der Waals surface area (Å²) in [4.78, 5) is 10.1. The minimum atomic E-state index is 0.504. The highest BCUT2D eigenvalue weighted by atomic mass is 16.5. The molecule has 0 spiro atoms. The first kappa shape index (κ1) is 9.00. The summed E-state index contributed by atoms with van der Waals surface area (Å²) in [7, 11) is 1.64. The van der Waals surface area contributed by atoms with Gasteiger partial charge in [-0.2, -0.15) is 0 Å². The van der Waals surface area contributed by atoms with Crippen LogP contribution in [0.25, 0.3) is 0 Å². The van der Waals surface area contributed by atoms with Crippen molar-refractivity contribution < 1.29 is 13.9 Å². The maximum Gasteiger partial charge on any atom is 0.120 e. The quantitative estimate of drug-likeness (QED) is 0.626. The van der Waals surface area contributed by atoms with Gasteiger partial charge in [0.2, 0.25) is 0 Å². The number of methoxy groups -OCH3 is 1. The number of aryl methyl sites for hydroxylation is 1. The number of aldehydes is 1. The highest BCUT2D eigenvalue weighted by molar-refractivity contribution is 5.49. The molecule has 0 aliphatic carbocycles. The fourth-order valence-corrected chi connectivity index (χ4v) is 1.06. The summed E-state index contributed by atoms with van der Waals surface area (Å²) in [6.07, 6.45) is 3.67. The molecule has 0 atom stereocenters. The van der Waals surface area contributed by atoms with E-state index in [9.17, 15) is 4.79 Å². The Morgan fingerprint density at radius 2 is 2.50 bits per heavy atom. The zero-order valence-corrected chi connectivity index (χ0v) is 7.08. The predicted octanol–water partition coefficient (Wildman–Crippen LogP) is 1.56. The molecule has 0 fully saturated rings. The second-order valence-corrected chi connectivity index (χ2v) is 2.51. The van der Waals surface area contributed by atoms with Crippen LogP contribution in [-0.2, 0) is 22.6 Å². The lowest BCUT2D eigenvalue weighted by molar-refractivity contribution is -0.107. The van der Waals surface area contributed by atoms with Gasteiger partial charge in [-0.1, -0.05) is 0 Å². The first-order valence-electron chi connectivity index (χ1n) is 3.86. The SMILES string of the molecule is COCc1ccoc1CCC=O. The minimum absolute atomic E-state index is 0.504. The van der Waals surface area contributed by atoms with E-state index in [4.69, 9.17) is 9.15 Å². The van der Waals surface area contributed by atoms with Gasteiger partial charge in [0.1, 0.15) is 12.0 Å². The summed E-state index contributed by atoms with van der Waals surface area (Å²) in [6, 6.07) is 1.86. The number of carbonyl (C=O) groups excluding carboxylic acids is 1. The van der Waals surface area contributed by atoms with Crippen molar-refractivity contribution in [1.29, 1.82) is 0 Å². The van der Waals surface area contributed by atoms with Crippen LogP contribution in [0.3, 0.4) is 0 Å². The molecule has 1 rings (SSSR count). The Balaban J connectivity index is 2.56. The number of ether oxygens (including phenoxy) is 1. The van der Waals surface area contributed by atoms with Crippen LogP contribution >= 0.6 is 0 Å². The molecule has 66 valence electrons.